The van der Waals surface area contributed by atoms with Gasteiger partial charge in [-0.2, -0.15) is 0 Å². The first kappa shape index (κ1) is 42.8. The van der Waals surface area contributed by atoms with Gasteiger partial charge in [-0.05, 0) is 174 Å². The van der Waals surface area contributed by atoms with E-state index in [1.807, 2.05) is 42.5 Å². The standard InChI is InChI=1S/C52H38O11/c53-27-1-2-28-60-49(56)39-19-25-48(26-20-39)63-52(59)42-17-11-38(12-18-42)45-30-43(36-7-13-40(14-8-36)50(57)61-46-21-3-34(32-54)4-22-46)29-44(31-45)37-9-15-41(16-10-37)51(58)62-47-23-5-35(33-55)6-24-47/h3-26,29-33,53H,1-2,27-28H2. The predicted octanol–water partition coefficient (Wildman–Crippen LogP) is 9.90. The first-order valence-corrected chi connectivity index (χ1v) is 19.8. The minimum absolute atomic E-state index is 0.0244. The van der Waals surface area contributed by atoms with Crippen LogP contribution in [-0.2, 0) is 4.74 Å². The summed E-state index contributed by atoms with van der Waals surface area (Å²) in [6, 6.07) is 45.2. The number of benzene rings is 7. The summed E-state index contributed by atoms with van der Waals surface area (Å²) in [6.45, 7) is 0.217. The quantitative estimate of drug-likeness (QED) is 0.0427. The minimum atomic E-state index is -0.594. The maximum atomic E-state index is 13.1. The maximum Gasteiger partial charge on any atom is 0.343 e. The van der Waals surface area contributed by atoms with Gasteiger partial charge in [0.25, 0.3) is 0 Å². The van der Waals surface area contributed by atoms with Gasteiger partial charge in [0, 0.05) is 17.7 Å². The Morgan fingerprint density at radius 3 is 1.00 bits per heavy atom. The molecule has 0 amide bonds. The van der Waals surface area contributed by atoms with E-state index in [0.29, 0.717) is 70.3 Å². The molecule has 0 heterocycles. The molecule has 7 rings (SSSR count). The van der Waals surface area contributed by atoms with Crippen LogP contribution in [0.5, 0.6) is 17.2 Å². The zero-order valence-electron chi connectivity index (χ0n) is 33.6. The molecule has 63 heavy (non-hydrogen) atoms. The number of aliphatic hydroxyl groups is 1. The Morgan fingerprint density at radius 1 is 0.381 bits per heavy atom. The number of aliphatic hydroxyl groups excluding tert-OH is 1. The molecule has 0 spiro atoms. The van der Waals surface area contributed by atoms with Crippen LogP contribution in [0.3, 0.4) is 0 Å². The highest BCUT2D eigenvalue weighted by atomic mass is 16.5. The Kier molecular flexibility index (Phi) is 13.8. The number of ether oxygens (including phenoxy) is 4. The summed E-state index contributed by atoms with van der Waals surface area (Å²) in [4.78, 5) is 73.4. The van der Waals surface area contributed by atoms with E-state index in [1.165, 1.54) is 24.3 Å². The van der Waals surface area contributed by atoms with Crippen LogP contribution in [0.1, 0.15) is 75.0 Å². The number of unbranched alkanes of at least 4 members (excludes halogenated alkanes) is 1. The number of esters is 4. The van der Waals surface area contributed by atoms with E-state index >= 15 is 0 Å². The fourth-order valence-corrected chi connectivity index (χ4v) is 6.37. The Bertz CT molecular complexity index is 2610. The molecule has 0 radical (unpaired) electrons. The molecule has 11 nitrogen and oxygen atoms in total. The van der Waals surface area contributed by atoms with Gasteiger partial charge in [-0.15, -0.1) is 0 Å². The Hall–Kier alpha value is -8.28. The van der Waals surface area contributed by atoms with Crippen molar-refractivity contribution in [3.8, 4) is 50.6 Å². The largest absolute Gasteiger partial charge is 0.462 e. The fraction of sp³-hybridized carbons (Fsp3) is 0.0769. The molecule has 0 bridgehead atoms. The van der Waals surface area contributed by atoms with Gasteiger partial charge in [0.15, 0.2) is 0 Å². The molecule has 0 unspecified atom stereocenters. The lowest BCUT2D eigenvalue weighted by molar-refractivity contribution is 0.0491. The van der Waals surface area contributed by atoms with Crippen LogP contribution in [0.2, 0.25) is 0 Å². The third kappa shape index (κ3) is 11.1. The van der Waals surface area contributed by atoms with E-state index in [2.05, 4.69) is 0 Å². The third-order valence-electron chi connectivity index (χ3n) is 9.83. The summed E-state index contributed by atoms with van der Waals surface area (Å²) in [5, 5.41) is 8.90. The fourth-order valence-electron chi connectivity index (χ4n) is 6.37. The first-order chi connectivity index (χ1) is 30.7. The molecule has 7 aromatic rings. The summed E-state index contributed by atoms with van der Waals surface area (Å²) >= 11 is 0. The number of rotatable bonds is 16. The number of hydrogen-bond donors (Lipinski definition) is 1. The Balaban J connectivity index is 1.11. The van der Waals surface area contributed by atoms with Crippen molar-refractivity contribution in [2.45, 2.75) is 12.8 Å². The molecule has 0 saturated heterocycles. The molecule has 312 valence electrons. The van der Waals surface area contributed by atoms with Gasteiger partial charge in [0.1, 0.15) is 29.8 Å². The zero-order valence-corrected chi connectivity index (χ0v) is 33.6. The monoisotopic (exact) mass is 838 g/mol. The van der Waals surface area contributed by atoms with E-state index in [0.717, 1.165) is 33.4 Å². The predicted molar refractivity (Wildman–Crippen MR) is 234 cm³/mol. The molecule has 0 aliphatic rings. The first-order valence-electron chi connectivity index (χ1n) is 19.8. The lowest BCUT2D eigenvalue weighted by atomic mass is 9.92. The second-order valence-electron chi connectivity index (χ2n) is 14.2. The van der Waals surface area contributed by atoms with Crippen LogP contribution in [-0.4, -0.2) is 54.8 Å². The Labute approximate surface area is 362 Å². The van der Waals surface area contributed by atoms with Crippen molar-refractivity contribution < 1.29 is 52.8 Å². The molecular formula is C52H38O11. The second-order valence-corrected chi connectivity index (χ2v) is 14.2. The van der Waals surface area contributed by atoms with E-state index in [1.54, 1.807) is 97.1 Å². The van der Waals surface area contributed by atoms with Crippen LogP contribution in [0.15, 0.2) is 164 Å². The van der Waals surface area contributed by atoms with Gasteiger partial charge < -0.3 is 24.1 Å². The molecular weight excluding hydrogens is 801 g/mol. The molecule has 0 saturated carbocycles. The van der Waals surface area contributed by atoms with Crippen molar-refractivity contribution in [3.05, 3.63) is 197 Å². The molecule has 0 fully saturated rings. The number of hydrogen-bond acceptors (Lipinski definition) is 11. The molecule has 11 heteroatoms. The van der Waals surface area contributed by atoms with Gasteiger partial charge in [-0.25, -0.2) is 19.2 Å². The number of carbonyl (C=O) groups excluding carboxylic acids is 6. The summed E-state index contributed by atoms with van der Waals surface area (Å²) in [5.74, 6) is -1.37. The third-order valence-corrected chi connectivity index (χ3v) is 9.83. The topological polar surface area (TPSA) is 160 Å². The highest BCUT2D eigenvalue weighted by molar-refractivity contribution is 5.95. The van der Waals surface area contributed by atoms with Crippen molar-refractivity contribution >= 4 is 36.4 Å². The lowest BCUT2D eigenvalue weighted by Gasteiger charge is -2.13. The van der Waals surface area contributed by atoms with E-state index in [4.69, 9.17) is 24.1 Å². The molecule has 0 aliphatic heterocycles. The molecule has 0 aliphatic carbocycles. The highest BCUT2D eigenvalue weighted by Gasteiger charge is 2.15. The summed E-state index contributed by atoms with van der Waals surface area (Å²) in [5.41, 5.74) is 7.00. The van der Waals surface area contributed by atoms with Crippen molar-refractivity contribution in [1.82, 2.24) is 0 Å². The van der Waals surface area contributed by atoms with Crippen LogP contribution in [0.4, 0.5) is 0 Å². The molecule has 0 atom stereocenters. The van der Waals surface area contributed by atoms with E-state index < -0.39 is 23.9 Å². The minimum Gasteiger partial charge on any atom is -0.462 e. The van der Waals surface area contributed by atoms with Crippen LogP contribution >= 0.6 is 0 Å². The van der Waals surface area contributed by atoms with E-state index in [9.17, 15) is 28.8 Å². The van der Waals surface area contributed by atoms with E-state index in [-0.39, 0.29) is 19.0 Å². The maximum absolute atomic E-state index is 13.1. The average molecular weight is 839 g/mol. The molecule has 1 N–H and O–H groups in total. The smallest absolute Gasteiger partial charge is 0.343 e. The van der Waals surface area contributed by atoms with Crippen molar-refractivity contribution in [2.24, 2.45) is 0 Å². The van der Waals surface area contributed by atoms with Gasteiger partial charge in [-0.1, -0.05) is 36.4 Å². The Morgan fingerprint density at radius 2 is 0.683 bits per heavy atom. The lowest BCUT2D eigenvalue weighted by Crippen LogP contribution is -2.09. The van der Waals surface area contributed by atoms with Crippen molar-refractivity contribution in [2.75, 3.05) is 13.2 Å². The van der Waals surface area contributed by atoms with Crippen LogP contribution < -0.4 is 14.2 Å². The van der Waals surface area contributed by atoms with Gasteiger partial charge >= 0.3 is 23.9 Å². The van der Waals surface area contributed by atoms with Crippen molar-refractivity contribution in [3.63, 3.8) is 0 Å². The SMILES string of the molecule is O=Cc1ccc(OC(=O)c2ccc(-c3cc(-c4ccc(C(=O)Oc5ccc(C=O)cc5)cc4)cc(-c4ccc(C(=O)Oc5ccc(C(=O)OCCCCO)cc5)cc4)c3)cc2)cc1. The highest BCUT2D eigenvalue weighted by Crippen LogP contribution is 2.34. The van der Waals surface area contributed by atoms with Gasteiger partial charge in [0.2, 0.25) is 0 Å². The summed E-state index contributed by atoms with van der Waals surface area (Å²) in [7, 11) is 0. The van der Waals surface area contributed by atoms with Crippen molar-refractivity contribution in [1.29, 1.82) is 0 Å². The average Bonchev–Trinajstić information content (AvgIpc) is 3.33. The summed E-state index contributed by atoms with van der Waals surface area (Å²) in [6.07, 6.45) is 2.50. The second kappa shape index (κ2) is 20.3. The summed E-state index contributed by atoms with van der Waals surface area (Å²) < 4.78 is 21.8. The van der Waals surface area contributed by atoms with Crippen LogP contribution in [0.25, 0.3) is 33.4 Å². The zero-order chi connectivity index (χ0) is 44.1. The molecule has 0 aromatic heterocycles. The molecule has 7 aromatic carbocycles. The number of aldehydes is 2. The number of carbonyl (C=O) groups is 6. The van der Waals surface area contributed by atoms with Gasteiger partial charge in [0.05, 0.1) is 28.9 Å². The van der Waals surface area contributed by atoms with Gasteiger partial charge in [-0.3, -0.25) is 9.59 Å². The van der Waals surface area contributed by atoms with Crippen LogP contribution in [0, 0.1) is 0 Å². The normalized spacial score (nSPS) is 10.6.